The summed E-state index contributed by atoms with van der Waals surface area (Å²) in [6, 6.07) is 22.2. The number of thiophene rings is 2. The zero-order valence-corrected chi connectivity index (χ0v) is 24.8. The van der Waals surface area contributed by atoms with Gasteiger partial charge in [0, 0.05) is 36.0 Å². The summed E-state index contributed by atoms with van der Waals surface area (Å²) in [4.78, 5) is 5.62. The molecule has 0 unspecified atom stereocenters. The number of nitrogen functional groups attached to an aromatic ring is 1. The molecule has 0 aliphatic heterocycles. The van der Waals surface area contributed by atoms with Gasteiger partial charge in [0.15, 0.2) is 0 Å². The number of rotatable bonds is 2. The van der Waals surface area contributed by atoms with Crippen LogP contribution in [0.25, 0.3) is 41.8 Å². The van der Waals surface area contributed by atoms with Crippen molar-refractivity contribution < 1.29 is 0 Å². The molecule has 3 heteroatoms. The molecule has 7 rings (SSSR count). The summed E-state index contributed by atoms with van der Waals surface area (Å²) in [5.74, 6) is 0. The average molecular weight is 532 g/mol. The fraction of sp³-hybridized carbons (Fsp3) is 0.257. The maximum atomic E-state index is 5.98. The highest BCUT2D eigenvalue weighted by molar-refractivity contribution is 7.19. The van der Waals surface area contributed by atoms with Crippen LogP contribution in [0, 0.1) is 20.8 Å². The van der Waals surface area contributed by atoms with Crippen LogP contribution in [0.5, 0.6) is 0 Å². The third-order valence-electron chi connectivity index (χ3n) is 9.05. The molecule has 38 heavy (non-hydrogen) atoms. The van der Waals surface area contributed by atoms with Crippen LogP contribution in [-0.4, -0.2) is 0 Å². The van der Waals surface area contributed by atoms with Gasteiger partial charge in [-0.1, -0.05) is 69.7 Å². The summed E-state index contributed by atoms with van der Waals surface area (Å²) < 4.78 is 0. The zero-order chi connectivity index (χ0) is 26.7. The highest BCUT2D eigenvalue weighted by atomic mass is 32.1. The number of benzene rings is 3. The Hall–Kier alpha value is -3.14. The van der Waals surface area contributed by atoms with Crippen molar-refractivity contribution in [2.75, 3.05) is 5.73 Å². The lowest BCUT2D eigenvalue weighted by Gasteiger charge is -2.29. The number of anilines is 1. The standard InChI is InChI=1S/C35H33NS2/c1-18-8-10-21(11-9-18)26-16-24-32(37-26)28-19(2)31-29(20(3)30(28)34(24,4)5)33-25(35(31,6)7)17-27(38-33)22-12-14-23(36)15-13-22/h8-17H,36H2,1-7H3. The molecule has 0 bridgehead atoms. The van der Waals surface area contributed by atoms with E-state index in [0.29, 0.717) is 0 Å². The third kappa shape index (κ3) is 3.03. The van der Waals surface area contributed by atoms with Crippen LogP contribution in [0.1, 0.15) is 66.6 Å². The molecule has 1 nitrogen and oxygen atoms in total. The van der Waals surface area contributed by atoms with Crippen molar-refractivity contribution in [2.45, 2.75) is 59.3 Å². The Kier molecular flexibility index (Phi) is 4.86. The molecule has 2 aliphatic rings. The Morgan fingerprint density at radius 3 is 1.39 bits per heavy atom. The first-order chi connectivity index (χ1) is 18.0. The lowest BCUT2D eigenvalue weighted by molar-refractivity contribution is 0.646. The van der Waals surface area contributed by atoms with Gasteiger partial charge in [-0.25, -0.2) is 0 Å². The molecule has 2 aromatic heterocycles. The number of hydrogen-bond donors (Lipinski definition) is 1. The molecular weight excluding hydrogens is 499 g/mol. The van der Waals surface area contributed by atoms with Crippen molar-refractivity contribution in [3.8, 4) is 41.8 Å². The molecule has 2 heterocycles. The summed E-state index contributed by atoms with van der Waals surface area (Å²) in [5, 5.41) is 0. The minimum atomic E-state index is -0.0406. The van der Waals surface area contributed by atoms with Crippen molar-refractivity contribution in [1.29, 1.82) is 0 Å². The topological polar surface area (TPSA) is 26.0 Å². The SMILES string of the molecule is Cc1ccc(-c2cc3c(s2)-c2c(C)c4c(c(C)c2C3(C)C)-c2sc(-c3ccc(N)cc3)cc2C4(C)C)cc1. The summed E-state index contributed by atoms with van der Waals surface area (Å²) in [7, 11) is 0. The zero-order valence-electron chi connectivity index (χ0n) is 23.2. The Morgan fingerprint density at radius 2 is 0.974 bits per heavy atom. The predicted octanol–water partition coefficient (Wildman–Crippen LogP) is 10.3. The van der Waals surface area contributed by atoms with Gasteiger partial charge in [0.05, 0.1) is 0 Å². The molecule has 0 saturated heterocycles. The third-order valence-corrected chi connectivity index (χ3v) is 11.4. The van der Waals surface area contributed by atoms with Crippen molar-refractivity contribution in [3.63, 3.8) is 0 Å². The smallest absolute Gasteiger partial charge is 0.0396 e. The monoisotopic (exact) mass is 531 g/mol. The fourth-order valence-electron chi connectivity index (χ4n) is 7.13. The van der Waals surface area contributed by atoms with E-state index in [9.17, 15) is 0 Å². The van der Waals surface area contributed by atoms with Crippen LogP contribution < -0.4 is 5.73 Å². The normalized spacial score (nSPS) is 15.8. The van der Waals surface area contributed by atoms with E-state index in [0.717, 1.165) is 5.69 Å². The second kappa shape index (κ2) is 7.71. The molecule has 2 aliphatic carbocycles. The van der Waals surface area contributed by atoms with Gasteiger partial charge >= 0.3 is 0 Å². The summed E-state index contributed by atoms with van der Waals surface area (Å²) in [6.07, 6.45) is 0. The first-order valence-corrected chi connectivity index (χ1v) is 15.0. The number of nitrogens with two attached hydrogens (primary N) is 1. The van der Waals surface area contributed by atoms with Crippen LogP contribution in [0.15, 0.2) is 60.7 Å². The lowest BCUT2D eigenvalue weighted by atomic mass is 9.74. The Bertz CT molecular complexity index is 1640. The Morgan fingerprint density at radius 1 is 0.579 bits per heavy atom. The minimum Gasteiger partial charge on any atom is -0.399 e. The van der Waals surface area contributed by atoms with E-state index >= 15 is 0 Å². The summed E-state index contributed by atoms with van der Waals surface area (Å²) in [6.45, 7) is 16.6. The van der Waals surface area contributed by atoms with Gasteiger partial charge in [-0.15, -0.1) is 22.7 Å². The molecule has 3 aromatic carbocycles. The highest BCUT2D eigenvalue weighted by Gasteiger charge is 2.47. The number of aryl methyl sites for hydroxylation is 1. The van der Waals surface area contributed by atoms with Crippen LogP contribution in [-0.2, 0) is 10.8 Å². The second-order valence-electron chi connectivity index (χ2n) is 12.2. The molecular formula is C35H33NS2. The molecule has 0 atom stereocenters. The van der Waals surface area contributed by atoms with Crippen LogP contribution in [0.3, 0.4) is 0 Å². The molecule has 5 aromatic rings. The van der Waals surface area contributed by atoms with E-state index in [1.165, 1.54) is 80.7 Å². The van der Waals surface area contributed by atoms with E-state index < -0.39 is 0 Å². The van der Waals surface area contributed by atoms with E-state index in [4.69, 9.17) is 5.73 Å². The molecule has 190 valence electrons. The van der Waals surface area contributed by atoms with Crippen LogP contribution in [0.2, 0.25) is 0 Å². The molecule has 0 saturated carbocycles. The van der Waals surface area contributed by atoms with Gasteiger partial charge in [0.25, 0.3) is 0 Å². The molecule has 0 amide bonds. The Balaban J connectivity index is 1.45. The van der Waals surface area contributed by atoms with Crippen molar-refractivity contribution in [3.05, 3.63) is 99.6 Å². The van der Waals surface area contributed by atoms with E-state index in [1.807, 2.05) is 34.8 Å². The summed E-state index contributed by atoms with van der Waals surface area (Å²) >= 11 is 3.92. The van der Waals surface area contributed by atoms with Crippen molar-refractivity contribution >= 4 is 28.4 Å². The maximum absolute atomic E-state index is 5.98. The molecule has 0 radical (unpaired) electrons. The first-order valence-electron chi connectivity index (χ1n) is 13.4. The quantitative estimate of drug-likeness (QED) is 0.225. The van der Waals surface area contributed by atoms with Gasteiger partial charge in [-0.05, 0) is 101 Å². The van der Waals surface area contributed by atoms with Gasteiger partial charge in [0.1, 0.15) is 0 Å². The molecule has 0 spiro atoms. The minimum absolute atomic E-state index is 0.0298. The van der Waals surface area contributed by atoms with E-state index in [1.54, 1.807) is 0 Å². The predicted molar refractivity (Wildman–Crippen MR) is 167 cm³/mol. The van der Waals surface area contributed by atoms with E-state index in [-0.39, 0.29) is 10.8 Å². The molecule has 2 N–H and O–H groups in total. The van der Waals surface area contributed by atoms with Gasteiger partial charge in [0.2, 0.25) is 0 Å². The van der Waals surface area contributed by atoms with Crippen LogP contribution in [0.4, 0.5) is 5.69 Å². The molecule has 0 fully saturated rings. The van der Waals surface area contributed by atoms with E-state index in [2.05, 4.69) is 97.0 Å². The largest absolute Gasteiger partial charge is 0.399 e. The highest BCUT2D eigenvalue weighted by Crippen LogP contribution is 2.63. The Labute approximate surface area is 234 Å². The number of hydrogen-bond acceptors (Lipinski definition) is 3. The first kappa shape index (κ1) is 23.9. The fourth-order valence-corrected chi connectivity index (χ4v) is 9.99. The van der Waals surface area contributed by atoms with Crippen molar-refractivity contribution in [2.24, 2.45) is 0 Å². The number of fused-ring (bicyclic) bond motifs is 6. The average Bonchev–Trinajstić information content (AvgIpc) is 3.59. The van der Waals surface area contributed by atoms with Crippen molar-refractivity contribution in [1.82, 2.24) is 0 Å². The lowest BCUT2D eigenvalue weighted by Crippen LogP contribution is -2.20. The van der Waals surface area contributed by atoms with Gasteiger partial charge < -0.3 is 5.73 Å². The second-order valence-corrected chi connectivity index (χ2v) is 14.3. The van der Waals surface area contributed by atoms with Gasteiger partial charge in [-0.3, -0.25) is 0 Å². The summed E-state index contributed by atoms with van der Waals surface area (Å²) in [5.41, 5.74) is 22.5. The van der Waals surface area contributed by atoms with Crippen LogP contribution >= 0.6 is 22.7 Å². The maximum Gasteiger partial charge on any atom is 0.0396 e. The van der Waals surface area contributed by atoms with Gasteiger partial charge in [-0.2, -0.15) is 0 Å².